The number of carbonyl (C=O) groups is 2. The molecule has 2 aliphatic heterocycles. The topological polar surface area (TPSA) is 81.7 Å². The lowest BCUT2D eigenvalue weighted by Gasteiger charge is -2.38. The molecule has 156 valence electrons. The van der Waals surface area contributed by atoms with Crippen LogP contribution in [0.2, 0.25) is 0 Å². The third-order valence-electron chi connectivity index (χ3n) is 6.81. The molecule has 4 rings (SSSR count). The molecule has 3 aliphatic rings. The van der Waals surface area contributed by atoms with E-state index in [0.29, 0.717) is 19.5 Å². The van der Waals surface area contributed by atoms with E-state index in [0.717, 1.165) is 38.6 Å². The molecule has 6 heteroatoms. The number of aryl methyl sites for hydroxylation is 1. The average molecular weight is 398 g/mol. The van der Waals surface area contributed by atoms with E-state index < -0.39 is 17.9 Å². The lowest BCUT2D eigenvalue weighted by molar-refractivity contribution is -0.144. The predicted molar refractivity (Wildman–Crippen MR) is 111 cm³/mol. The predicted octanol–water partition coefficient (Wildman–Crippen LogP) is 2.52. The molecule has 0 bridgehead atoms. The van der Waals surface area contributed by atoms with Crippen molar-refractivity contribution in [1.29, 1.82) is 0 Å². The second kappa shape index (κ2) is 8.28. The molecule has 2 fully saturated rings. The maximum atomic E-state index is 13.1. The number of nitrogens with one attached hydrogen (secondary N) is 2. The first-order chi connectivity index (χ1) is 14.0. The average Bonchev–Trinajstić information content (AvgIpc) is 3.52. The molecular weight excluding hydrogens is 366 g/mol. The summed E-state index contributed by atoms with van der Waals surface area (Å²) in [4.78, 5) is 27.2. The Morgan fingerprint density at radius 3 is 2.62 bits per heavy atom. The summed E-state index contributed by atoms with van der Waals surface area (Å²) in [6, 6.07) is 8.17. The first-order valence-corrected chi connectivity index (χ1v) is 10.8. The molecule has 0 radical (unpaired) electrons. The van der Waals surface area contributed by atoms with Gasteiger partial charge in [0.15, 0.2) is 0 Å². The number of hydroxylamine groups is 1. The lowest BCUT2D eigenvalue weighted by Crippen LogP contribution is -2.59. The van der Waals surface area contributed by atoms with Crippen LogP contribution in [-0.2, 0) is 16.0 Å². The summed E-state index contributed by atoms with van der Waals surface area (Å²) in [6.45, 7) is 4.17. The third-order valence-corrected chi connectivity index (χ3v) is 6.81. The van der Waals surface area contributed by atoms with Gasteiger partial charge in [0.2, 0.25) is 11.8 Å². The van der Waals surface area contributed by atoms with Gasteiger partial charge in [-0.3, -0.25) is 14.8 Å². The summed E-state index contributed by atoms with van der Waals surface area (Å²) < 4.78 is 0. The summed E-state index contributed by atoms with van der Waals surface area (Å²) in [7, 11) is 0. The highest BCUT2D eigenvalue weighted by Crippen LogP contribution is 2.52. The maximum absolute atomic E-state index is 13.1. The summed E-state index contributed by atoms with van der Waals surface area (Å²) in [5.41, 5.74) is 5.77. The molecule has 6 nitrogen and oxygen atoms in total. The number of benzene rings is 1. The number of rotatable bonds is 5. The molecule has 1 saturated heterocycles. The first kappa shape index (κ1) is 20.1. The van der Waals surface area contributed by atoms with E-state index in [2.05, 4.69) is 42.6 Å². The van der Waals surface area contributed by atoms with Gasteiger partial charge in [0.05, 0.1) is 12.0 Å². The molecule has 1 saturated carbocycles. The minimum absolute atomic E-state index is 0.0392. The van der Waals surface area contributed by atoms with E-state index >= 15 is 0 Å². The zero-order valence-electron chi connectivity index (χ0n) is 17.1. The molecule has 1 aromatic carbocycles. The lowest BCUT2D eigenvalue weighted by atomic mass is 9.81. The largest absolute Gasteiger partial charge is 0.337 e. The first-order valence-electron chi connectivity index (χ1n) is 10.8. The Balaban J connectivity index is 1.41. The molecule has 2 atom stereocenters. The van der Waals surface area contributed by atoms with E-state index in [1.54, 1.807) is 5.48 Å². The van der Waals surface area contributed by atoms with E-state index in [-0.39, 0.29) is 11.3 Å². The number of hydrogen-bond acceptors (Lipinski definition) is 4. The van der Waals surface area contributed by atoms with Crippen LogP contribution in [0.3, 0.4) is 0 Å². The van der Waals surface area contributed by atoms with Gasteiger partial charge in [0.1, 0.15) is 0 Å². The second-order valence-corrected chi connectivity index (χ2v) is 8.86. The van der Waals surface area contributed by atoms with Crippen LogP contribution in [-0.4, -0.2) is 47.6 Å². The Labute approximate surface area is 172 Å². The number of amides is 2. The van der Waals surface area contributed by atoms with E-state index in [9.17, 15) is 9.59 Å². The zero-order chi connectivity index (χ0) is 20.4. The van der Waals surface area contributed by atoms with Crippen molar-refractivity contribution in [3.05, 3.63) is 41.5 Å². The molecule has 0 aromatic heterocycles. The number of carbonyl (C=O) groups excluding carboxylic acids is 2. The summed E-state index contributed by atoms with van der Waals surface area (Å²) in [5, 5.41) is 12.5. The van der Waals surface area contributed by atoms with Crippen molar-refractivity contribution in [2.24, 2.45) is 11.3 Å². The fraction of sp³-hybridized carbons (Fsp3) is 0.565. The third kappa shape index (κ3) is 4.23. The molecular formula is C23H31N3O3. The molecule has 1 spiro atoms. The molecule has 3 N–H and O–H groups in total. The normalized spacial score (nSPS) is 25.4. The van der Waals surface area contributed by atoms with Crippen LogP contribution in [0.15, 0.2) is 30.3 Å². The van der Waals surface area contributed by atoms with E-state index in [4.69, 9.17) is 5.21 Å². The van der Waals surface area contributed by atoms with Crippen LogP contribution in [0.25, 0.3) is 5.57 Å². The van der Waals surface area contributed by atoms with Crippen LogP contribution >= 0.6 is 0 Å². The van der Waals surface area contributed by atoms with Gasteiger partial charge in [-0.15, -0.1) is 0 Å². The van der Waals surface area contributed by atoms with Gasteiger partial charge in [-0.05, 0) is 54.2 Å². The van der Waals surface area contributed by atoms with Crippen LogP contribution in [0, 0.1) is 11.3 Å². The van der Waals surface area contributed by atoms with Crippen LogP contribution in [0.1, 0.15) is 50.2 Å². The van der Waals surface area contributed by atoms with Crippen LogP contribution < -0.4 is 10.8 Å². The number of piperidine rings is 1. The molecule has 1 aliphatic carbocycles. The minimum Gasteiger partial charge on any atom is -0.337 e. The molecule has 2 amide bonds. The Kier molecular flexibility index (Phi) is 5.74. The van der Waals surface area contributed by atoms with E-state index in [1.165, 1.54) is 16.7 Å². The van der Waals surface area contributed by atoms with Crippen molar-refractivity contribution < 1.29 is 14.8 Å². The Morgan fingerprint density at radius 1 is 1.28 bits per heavy atom. The maximum Gasteiger partial charge on any atom is 0.248 e. The molecule has 2 heterocycles. The molecule has 29 heavy (non-hydrogen) atoms. The molecule has 1 aromatic rings. The van der Waals surface area contributed by atoms with Crippen molar-refractivity contribution in [2.45, 2.75) is 51.5 Å². The van der Waals surface area contributed by atoms with Crippen LogP contribution in [0.4, 0.5) is 0 Å². The van der Waals surface area contributed by atoms with Gasteiger partial charge in [-0.2, -0.15) is 0 Å². The highest BCUT2D eigenvalue weighted by molar-refractivity contribution is 5.90. The fourth-order valence-electron chi connectivity index (χ4n) is 4.77. The monoisotopic (exact) mass is 397 g/mol. The minimum atomic E-state index is -0.559. The Morgan fingerprint density at radius 2 is 2.03 bits per heavy atom. The Hall–Kier alpha value is -2.18. The van der Waals surface area contributed by atoms with Crippen molar-refractivity contribution in [1.82, 2.24) is 15.7 Å². The highest BCUT2D eigenvalue weighted by Gasteiger charge is 2.52. The van der Waals surface area contributed by atoms with Crippen molar-refractivity contribution >= 4 is 17.4 Å². The smallest absolute Gasteiger partial charge is 0.248 e. The van der Waals surface area contributed by atoms with Gasteiger partial charge in [-0.25, -0.2) is 5.48 Å². The summed E-state index contributed by atoms with van der Waals surface area (Å²) in [5.74, 6) is -1.01. The number of nitrogens with zero attached hydrogens (tertiary/aromatic N) is 1. The van der Waals surface area contributed by atoms with Gasteiger partial charge < -0.3 is 10.2 Å². The van der Waals surface area contributed by atoms with Crippen molar-refractivity contribution in [2.75, 3.05) is 19.6 Å². The number of hydrogen-bond donors (Lipinski definition) is 3. The fourth-order valence-corrected chi connectivity index (χ4v) is 4.77. The Bertz CT molecular complexity index is 798. The van der Waals surface area contributed by atoms with Gasteiger partial charge in [0, 0.05) is 19.6 Å². The zero-order valence-corrected chi connectivity index (χ0v) is 17.1. The van der Waals surface area contributed by atoms with Crippen molar-refractivity contribution in [3.63, 3.8) is 0 Å². The van der Waals surface area contributed by atoms with Gasteiger partial charge in [0.25, 0.3) is 0 Å². The SMILES string of the molecule is CCCc1ccc(C2=CCN(C(=O)[C@H]3NCC4(CC4)C[C@@H]3C(=O)NO)CC2)cc1. The van der Waals surface area contributed by atoms with E-state index in [1.807, 2.05) is 4.90 Å². The summed E-state index contributed by atoms with van der Waals surface area (Å²) >= 11 is 0. The molecule has 0 unspecified atom stereocenters. The van der Waals surface area contributed by atoms with Gasteiger partial charge >= 0.3 is 0 Å². The second-order valence-electron chi connectivity index (χ2n) is 8.86. The van der Waals surface area contributed by atoms with Gasteiger partial charge in [-0.1, -0.05) is 43.7 Å². The summed E-state index contributed by atoms with van der Waals surface area (Å²) in [6.07, 6.45) is 8.02. The standard InChI is InChI=1S/C23H31N3O3/c1-2-3-16-4-6-17(7-5-16)18-8-12-26(13-9-18)22(28)20-19(21(27)25-29)14-23(10-11-23)15-24-20/h4-8,19-20,24,29H,2-3,9-15H2,1H3,(H,25,27)/t19-,20-/m0/s1. The highest BCUT2D eigenvalue weighted by atomic mass is 16.5. The van der Waals surface area contributed by atoms with Crippen LogP contribution in [0.5, 0.6) is 0 Å². The van der Waals surface area contributed by atoms with Crippen molar-refractivity contribution in [3.8, 4) is 0 Å². The quantitative estimate of drug-likeness (QED) is 0.527.